The lowest BCUT2D eigenvalue weighted by atomic mass is 10.3. The normalized spacial score (nSPS) is 29.3. The van der Waals surface area contributed by atoms with Crippen LogP contribution < -0.4 is 5.32 Å². The van der Waals surface area contributed by atoms with Crippen molar-refractivity contribution in [3.8, 4) is 0 Å². The van der Waals surface area contributed by atoms with E-state index in [2.05, 4.69) is 5.32 Å². The van der Waals surface area contributed by atoms with Crippen LogP contribution in [-0.2, 0) is 4.74 Å². The van der Waals surface area contributed by atoms with E-state index in [1.807, 2.05) is 0 Å². The van der Waals surface area contributed by atoms with Crippen molar-refractivity contribution in [2.45, 2.75) is 18.4 Å². The quantitative estimate of drug-likeness (QED) is 0.544. The molecule has 1 spiro atoms. The summed E-state index contributed by atoms with van der Waals surface area (Å²) in [5, 5.41) is 3.44. The molecule has 1 aliphatic carbocycles. The third-order valence-corrected chi connectivity index (χ3v) is 1.98. The van der Waals surface area contributed by atoms with Gasteiger partial charge >= 0.3 is 0 Å². The number of hydrogen-bond acceptors (Lipinski definition) is 2. The van der Waals surface area contributed by atoms with Gasteiger partial charge in [0.25, 0.3) is 0 Å². The Bertz CT molecular complexity index is 95.2. The van der Waals surface area contributed by atoms with E-state index in [-0.39, 0.29) is 12.4 Å². The van der Waals surface area contributed by atoms with Crippen molar-refractivity contribution in [3.63, 3.8) is 0 Å². The molecule has 0 atom stereocenters. The second-order valence-corrected chi connectivity index (χ2v) is 2.76. The maximum atomic E-state index is 5.28. The Morgan fingerprint density at radius 3 is 2.44 bits per heavy atom. The van der Waals surface area contributed by atoms with Crippen LogP contribution >= 0.6 is 12.4 Å². The minimum Gasteiger partial charge on any atom is -0.378 e. The van der Waals surface area contributed by atoms with E-state index in [0.717, 1.165) is 19.8 Å². The predicted molar refractivity (Wildman–Crippen MR) is 38.0 cm³/mol. The molecule has 9 heavy (non-hydrogen) atoms. The van der Waals surface area contributed by atoms with Crippen LogP contribution in [0, 0.1) is 0 Å². The van der Waals surface area contributed by atoms with Gasteiger partial charge in [0.05, 0.1) is 13.2 Å². The molecule has 2 fully saturated rings. The Morgan fingerprint density at radius 1 is 1.33 bits per heavy atom. The standard InChI is InChI=1S/C6H11NO.ClH/c1-2-6(1)5-8-4-3-7-6;/h7H,1-5H2;1H. The summed E-state index contributed by atoms with van der Waals surface area (Å²) in [7, 11) is 0. The van der Waals surface area contributed by atoms with Crippen LogP contribution in [-0.4, -0.2) is 25.3 Å². The smallest absolute Gasteiger partial charge is 0.0648 e. The lowest BCUT2D eigenvalue weighted by Gasteiger charge is -2.22. The highest BCUT2D eigenvalue weighted by molar-refractivity contribution is 5.85. The molecule has 3 heteroatoms. The first-order valence-electron chi connectivity index (χ1n) is 3.24. The largest absolute Gasteiger partial charge is 0.378 e. The van der Waals surface area contributed by atoms with Crippen molar-refractivity contribution in [2.24, 2.45) is 0 Å². The Hall–Kier alpha value is 0.210. The summed E-state index contributed by atoms with van der Waals surface area (Å²) in [5.41, 5.74) is 0.457. The third-order valence-electron chi connectivity index (χ3n) is 1.98. The minimum absolute atomic E-state index is 0. The molecule has 2 aliphatic rings. The molecule has 0 aromatic heterocycles. The molecule has 2 rings (SSSR count). The van der Waals surface area contributed by atoms with Crippen molar-refractivity contribution in [2.75, 3.05) is 19.8 Å². The van der Waals surface area contributed by atoms with Crippen LogP contribution in [0.4, 0.5) is 0 Å². The van der Waals surface area contributed by atoms with Crippen molar-refractivity contribution in [1.29, 1.82) is 0 Å². The van der Waals surface area contributed by atoms with Gasteiger partial charge in [-0.2, -0.15) is 0 Å². The van der Waals surface area contributed by atoms with Gasteiger partial charge in [0.2, 0.25) is 0 Å². The summed E-state index contributed by atoms with van der Waals surface area (Å²) < 4.78 is 5.28. The van der Waals surface area contributed by atoms with E-state index in [1.54, 1.807) is 0 Å². The molecule has 1 saturated heterocycles. The molecule has 2 nitrogen and oxygen atoms in total. The average Bonchev–Trinajstić information content (AvgIpc) is 2.52. The summed E-state index contributed by atoms with van der Waals surface area (Å²) >= 11 is 0. The van der Waals surface area contributed by atoms with E-state index in [1.165, 1.54) is 12.8 Å². The van der Waals surface area contributed by atoms with Crippen LogP contribution in [0.15, 0.2) is 0 Å². The topological polar surface area (TPSA) is 21.3 Å². The maximum absolute atomic E-state index is 5.28. The molecular formula is C6H12ClNO. The number of halogens is 1. The Balaban J connectivity index is 0.000000405. The molecule has 1 aliphatic heterocycles. The predicted octanol–water partition coefficient (Wildman–Crippen LogP) is 0.561. The molecule has 54 valence electrons. The summed E-state index contributed by atoms with van der Waals surface area (Å²) in [6.45, 7) is 2.91. The van der Waals surface area contributed by atoms with Crippen molar-refractivity contribution in [3.05, 3.63) is 0 Å². The zero-order chi connectivity index (χ0) is 5.45. The van der Waals surface area contributed by atoms with Gasteiger partial charge in [-0.1, -0.05) is 0 Å². The summed E-state index contributed by atoms with van der Waals surface area (Å²) in [5.74, 6) is 0. The lowest BCUT2D eigenvalue weighted by Crippen LogP contribution is -2.43. The lowest BCUT2D eigenvalue weighted by molar-refractivity contribution is 0.0682. The highest BCUT2D eigenvalue weighted by Crippen LogP contribution is 2.36. The SMILES string of the molecule is C1COCC2(CC2)N1.Cl. The maximum Gasteiger partial charge on any atom is 0.0648 e. The molecule has 1 N–H and O–H groups in total. The van der Waals surface area contributed by atoms with Gasteiger partial charge < -0.3 is 10.1 Å². The monoisotopic (exact) mass is 149 g/mol. The number of ether oxygens (including phenoxy) is 1. The number of hydrogen-bond donors (Lipinski definition) is 1. The molecule has 0 unspecified atom stereocenters. The van der Waals surface area contributed by atoms with E-state index < -0.39 is 0 Å². The van der Waals surface area contributed by atoms with Crippen molar-refractivity contribution >= 4 is 12.4 Å². The average molecular weight is 150 g/mol. The molecule has 1 saturated carbocycles. The molecule has 0 bridgehead atoms. The van der Waals surface area contributed by atoms with Gasteiger partial charge in [0.1, 0.15) is 0 Å². The first kappa shape index (κ1) is 7.32. The van der Waals surface area contributed by atoms with Gasteiger partial charge in [0, 0.05) is 12.1 Å². The fourth-order valence-electron chi connectivity index (χ4n) is 1.18. The molecular weight excluding hydrogens is 138 g/mol. The van der Waals surface area contributed by atoms with Crippen LogP contribution in [0.2, 0.25) is 0 Å². The van der Waals surface area contributed by atoms with Gasteiger partial charge in [0.15, 0.2) is 0 Å². The number of morpholine rings is 1. The molecule has 0 radical (unpaired) electrons. The molecule has 0 aromatic rings. The highest BCUT2D eigenvalue weighted by Gasteiger charge is 2.43. The highest BCUT2D eigenvalue weighted by atomic mass is 35.5. The fourth-order valence-corrected chi connectivity index (χ4v) is 1.18. The molecule has 0 aromatic carbocycles. The second kappa shape index (κ2) is 2.45. The third kappa shape index (κ3) is 1.37. The van der Waals surface area contributed by atoms with Gasteiger partial charge in [-0.05, 0) is 12.8 Å². The molecule has 0 amide bonds. The van der Waals surface area contributed by atoms with E-state index in [9.17, 15) is 0 Å². The van der Waals surface area contributed by atoms with Gasteiger partial charge in [-0.15, -0.1) is 12.4 Å². The van der Waals surface area contributed by atoms with Crippen LogP contribution in [0.5, 0.6) is 0 Å². The van der Waals surface area contributed by atoms with E-state index in [0.29, 0.717) is 5.54 Å². The first-order valence-corrected chi connectivity index (χ1v) is 3.24. The van der Waals surface area contributed by atoms with E-state index >= 15 is 0 Å². The van der Waals surface area contributed by atoms with E-state index in [4.69, 9.17) is 4.74 Å². The molecule has 1 heterocycles. The summed E-state index contributed by atoms with van der Waals surface area (Å²) in [4.78, 5) is 0. The summed E-state index contributed by atoms with van der Waals surface area (Å²) in [6, 6.07) is 0. The Labute approximate surface area is 61.4 Å². The minimum atomic E-state index is 0. The number of rotatable bonds is 0. The Kier molecular flexibility index (Phi) is 1.99. The van der Waals surface area contributed by atoms with Crippen LogP contribution in [0.1, 0.15) is 12.8 Å². The first-order chi connectivity index (χ1) is 3.91. The summed E-state index contributed by atoms with van der Waals surface area (Å²) in [6.07, 6.45) is 2.65. The second-order valence-electron chi connectivity index (χ2n) is 2.76. The van der Waals surface area contributed by atoms with Crippen molar-refractivity contribution in [1.82, 2.24) is 5.32 Å². The van der Waals surface area contributed by atoms with Crippen LogP contribution in [0.25, 0.3) is 0 Å². The van der Waals surface area contributed by atoms with Gasteiger partial charge in [-0.3, -0.25) is 0 Å². The van der Waals surface area contributed by atoms with Gasteiger partial charge in [-0.25, -0.2) is 0 Å². The Morgan fingerprint density at radius 2 is 2.11 bits per heavy atom. The zero-order valence-corrected chi connectivity index (χ0v) is 6.17. The van der Waals surface area contributed by atoms with Crippen LogP contribution in [0.3, 0.4) is 0 Å². The van der Waals surface area contributed by atoms with Crippen molar-refractivity contribution < 1.29 is 4.74 Å². The zero-order valence-electron chi connectivity index (χ0n) is 5.35. The fraction of sp³-hybridized carbons (Fsp3) is 1.00. The number of nitrogens with one attached hydrogen (secondary N) is 1.